The van der Waals surface area contributed by atoms with Gasteiger partial charge in [-0.1, -0.05) is 6.07 Å². The van der Waals surface area contributed by atoms with Crippen molar-refractivity contribution in [1.82, 2.24) is 34.6 Å². The summed E-state index contributed by atoms with van der Waals surface area (Å²) in [5.74, 6) is -1.59. The van der Waals surface area contributed by atoms with Crippen LogP contribution in [0.25, 0.3) is 34.1 Å². The largest absolute Gasteiger partial charge is 0.494 e. The van der Waals surface area contributed by atoms with E-state index in [2.05, 4.69) is 15.4 Å². The van der Waals surface area contributed by atoms with E-state index < -0.39 is 17.5 Å². The molecule has 4 heterocycles. The summed E-state index contributed by atoms with van der Waals surface area (Å²) in [7, 11) is 1.22. The van der Waals surface area contributed by atoms with Gasteiger partial charge in [-0.2, -0.15) is 9.49 Å². The van der Waals surface area contributed by atoms with Gasteiger partial charge in [0.05, 0.1) is 18.7 Å². The third-order valence-electron chi connectivity index (χ3n) is 7.55. The molecule has 0 bridgehead atoms. The molecule has 0 aliphatic heterocycles. The minimum Gasteiger partial charge on any atom is -0.494 e. The maximum Gasteiger partial charge on any atom is 0.252 e. The summed E-state index contributed by atoms with van der Waals surface area (Å²) >= 11 is 0. The molecule has 7 rings (SSSR count). The highest BCUT2D eigenvalue weighted by Crippen LogP contribution is 2.36. The van der Waals surface area contributed by atoms with Crippen LogP contribution in [0.4, 0.5) is 14.6 Å². The SMILES string of the molecule is COc1cc(C(=O)NC2CCc3cc(-n4c(-c5cccnc5N)nc5ccc(-n6cccn6)nc54)ccc32)cc(F)c1F. The number of halogens is 2. The molecule has 4 aromatic heterocycles. The smallest absolute Gasteiger partial charge is 0.252 e. The van der Waals surface area contributed by atoms with Gasteiger partial charge >= 0.3 is 0 Å². The second kappa shape index (κ2) is 10.3. The third-order valence-corrected chi connectivity index (χ3v) is 7.55. The van der Waals surface area contributed by atoms with Crippen LogP contribution in [0.1, 0.15) is 33.9 Å². The number of benzene rings is 2. The van der Waals surface area contributed by atoms with Crippen molar-refractivity contribution in [2.75, 3.05) is 12.8 Å². The number of aromatic nitrogens is 6. The van der Waals surface area contributed by atoms with Crippen LogP contribution < -0.4 is 15.8 Å². The molecule has 0 radical (unpaired) electrons. The van der Waals surface area contributed by atoms with Crippen LogP contribution in [0, 0.1) is 11.6 Å². The van der Waals surface area contributed by atoms with Crippen molar-refractivity contribution in [3.63, 3.8) is 0 Å². The number of nitrogens with zero attached hydrogens (tertiary/aromatic N) is 6. The van der Waals surface area contributed by atoms with E-state index in [1.807, 2.05) is 53.2 Å². The van der Waals surface area contributed by atoms with Crippen LogP contribution in [0.2, 0.25) is 0 Å². The van der Waals surface area contributed by atoms with Gasteiger partial charge in [0.15, 0.2) is 28.9 Å². The fourth-order valence-corrected chi connectivity index (χ4v) is 5.49. The summed E-state index contributed by atoms with van der Waals surface area (Å²) in [6, 6.07) is 16.9. The van der Waals surface area contributed by atoms with Crippen molar-refractivity contribution in [2.45, 2.75) is 18.9 Å². The first kappa shape index (κ1) is 26.3. The van der Waals surface area contributed by atoms with Crippen LogP contribution in [0.15, 0.2) is 79.3 Å². The summed E-state index contributed by atoms with van der Waals surface area (Å²) < 4.78 is 36.4. The molecule has 0 saturated carbocycles. The van der Waals surface area contributed by atoms with E-state index in [1.54, 1.807) is 23.1 Å². The molecule has 1 aliphatic carbocycles. The predicted octanol–water partition coefficient (Wildman–Crippen LogP) is 4.95. The van der Waals surface area contributed by atoms with E-state index in [4.69, 9.17) is 20.4 Å². The van der Waals surface area contributed by atoms with Gasteiger partial charge in [-0.15, -0.1) is 0 Å². The molecular weight excluding hydrogens is 554 g/mol. The Morgan fingerprint density at radius 2 is 1.95 bits per heavy atom. The molecule has 43 heavy (non-hydrogen) atoms. The Hall–Kier alpha value is -5.65. The Bertz CT molecular complexity index is 2020. The van der Waals surface area contributed by atoms with Crippen molar-refractivity contribution in [3.8, 4) is 28.6 Å². The topological polar surface area (TPSA) is 126 Å². The lowest BCUT2D eigenvalue weighted by atomic mass is 10.1. The number of aryl methyl sites for hydroxylation is 1. The molecule has 1 unspecified atom stereocenters. The first-order chi connectivity index (χ1) is 20.9. The van der Waals surface area contributed by atoms with E-state index >= 15 is 0 Å². The Morgan fingerprint density at radius 3 is 2.74 bits per heavy atom. The van der Waals surface area contributed by atoms with Gasteiger partial charge in [0, 0.05) is 29.8 Å². The first-order valence-electron chi connectivity index (χ1n) is 13.5. The summed E-state index contributed by atoms with van der Waals surface area (Å²) in [6.07, 6.45) is 6.46. The lowest BCUT2D eigenvalue weighted by Gasteiger charge is -2.16. The van der Waals surface area contributed by atoms with Crippen molar-refractivity contribution in [1.29, 1.82) is 0 Å². The number of amides is 1. The zero-order valence-electron chi connectivity index (χ0n) is 22.8. The quantitative estimate of drug-likeness (QED) is 0.286. The molecule has 0 fully saturated rings. The summed E-state index contributed by atoms with van der Waals surface area (Å²) in [6.45, 7) is 0. The van der Waals surface area contributed by atoms with E-state index in [0.717, 1.165) is 22.9 Å². The molecule has 2 aromatic carbocycles. The number of carbonyl (C=O) groups is 1. The molecule has 1 amide bonds. The van der Waals surface area contributed by atoms with Crippen molar-refractivity contribution >= 4 is 22.9 Å². The van der Waals surface area contributed by atoms with Gasteiger partial charge < -0.3 is 15.8 Å². The number of nitrogen functional groups attached to an aromatic ring is 1. The second-order valence-electron chi connectivity index (χ2n) is 10.1. The standard InChI is InChI=1S/C31H24F2N8O2/c1-43-25-16-18(15-22(32)27(25)33)31(42)38-23-8-5-17-14-19(6-7-20(17)23)41-29(21-4-2-11-35-28(21)34)37-24-9-10-26(39-30(24)41)40-13-3-12-36-40/h2-4,6-7,9-16,23H,5,8H2,1H3,(H2,34,35)(H,38,42). The highest BCUT2D eigenvalue weighted by Gasteiger charge is 2.27. The molecular formula is C31H24F2N8O2. The number of fused-ring (bicyclic) bond motifs is 2. The van der Waals surface area contributed by atoms with E-state index in [1.165, 1.54) is 13.2 Å². The Kier molecular flexibility index (Phi) is 6.30. The van der Waals surface area contributed by atoms with Gasteiger partial charge in [0.25, 0.3) is 5.91 Å². The fraction of sp³-hybridized carbons (Fsp3) is 0.129. The van der Waals surface area contributed by atoms with Gasteiger partial charge in [0.1, 0.15) is 11.3 Å². The number of pyridine rings is 2. The van der Waals surface area contributed by atoms with Crippen molar-refractivity contribution in [3.05, 3.63) is 108 Å². The minimum atomic E-state index is -1.15. The lowest BCUT2D eigenvalue weighted by Crippen LogP contribution is -2.27. The van der Waals surface area contributed by atoms with Crippen molar-refractivity contribution < 1.29 is 18.3 Å². The number of anilines is 1. The number of rotatable bonds is 6. The normalized spacial score (nSPS) is 14.2. The van der Waals surface area contributed by atoms with E-state index in [-0.39, 0.29) is 17.4 Å². The fourth-order valence-electron chi connectivity index (χ4n) is 5.49. The Balaban J connectivity index is 1.28. The lowest BCUT2D eigenvalue weighted by molar-refractivity contribution is 0.0935. The third kappa shape index (κ3) is 4.53. The first-order valence-corrected chi connectivity index (χ1v) is 13.5. The van der Waals surface area contributed by atoms with Crippen LogP contribution in [-0.4, -0.2) is 42.3 Å². The zero-order valence-corrected chi connectivity index (χ0v) is 22.8. The van der Waals surface area contributed by atoms with Crippen LogP contribution in [0.3, 0.4) is 0 Å². The van der Waals surface area contributed by atoms with Gasteiger partial charge in [-0.05, 0) is 78.6 Å². The molecule has 0 saturated heterocycles. The highest BCUT2D eigenvalue weighted by molar-refractivity contribution is 5.95. The highest BCUT2D eigenvalue weighted by atomic mass is 19.2. The van der Waals surface area contributed by atoms with E-state index in [9.17, 15) is 13.6 Å². The Labute approximate surface area is 243 Å². The minimum absolute atomic E-state index is 0.0246. The number of carbonyl (C=O) groups excluding carboxylic acids is 1. The number of ether oxygens (including phenoxy) is 1. The van der Waals surface area contributed by atoms with Gasteiger partial charge in [-0.25, -0.2) is 24.0 Å². The van der Waals surface area contributed by atoms with Crippen LogP contribution in [-0.2, 0) is 6.42 Å². The molecule has 1 aliphatic rings. The zero-order chi connectivity index (χ0) is 29.7. The molecule has 0 spiro atoms. The average Bonchev–Trinajstić information content (AvgIpc) is 3.77. The summed E-state index contributed by atoms with van der Waals surface area (Å²) in [4.78, 5) is 27.0. The summed E-state index contributed by atoms with van der Waals surface area (Å²) in [5.41, 5.74) is 11.0. The monoisotopic (exact) mass is 578 g/mol. The van der Waals surface area contributed by atoms with Crippen molar-refractivity contribution in [2.24, 2.45) is 0 Å². The average molecular weight is 579 g/mol. The number of imidazole rings is 1. The molecule has 1 atom stereocenters. The van der Waals surface area contributed by atoms with Crippen LogP contribution >= 0.6 is 0 Å². The Morgan fingerprint density at radius 1 is 1.07 bits per heavy atom. The number of nitrogens with one attached hydrogen (secondary N) is 1. The predicted molar refractivity (Wildman–Crippen MR) is 155 cm³/mol. The summed E-state index contributed by atoms with van der Waals surface area (Å²) in [5, 5.41) is 7.26. The number of hydrogen-bond donors (Lipinski definition) is 2. The molecule has 214 valence electrons. The number of methoxy groups -OCH3 is 1. The van der Waals surface area contributed by atoms with Gasteiger partial charge in [0.2, 0.25) is 5.82 Å². The van der Waals surface area contributed by atoms with Crippen LogP contribution in [0.5, 0.6) is 5.75 Å². The molecule has 6 aromatic rings. The maximum absolute atomic E-state index is 14.1. The molecule has 3 N–H and O–H groups in total. The number of nitrogens with two attached hydrogens (primary N) is 1. The maximum atomic E-state index is 14.1. The van der Waals surface area contributed by atoms with E-state index in [0.29, 0.717) is 47.0 Å². The second-order valence-corrected chi connectivity index (χ2v) is 10.1. The molecule has 10 nitrogen and oxygen atoms in total. The van der Waals surface area contributed by atoms with Gasteiger partial charge in [-0.3, -0.25) is 9.36 Å². The number of hydrogen-bond acceptors (Lipinski definition) is 7. The molecule has 12 heteroatoms.